The van der Waals surface area contributed by atoms with Crippen LogP contribution in [0.3, 0.4) is 0 Å². The number of likely N-dealkylation sites (tertiary alicyclic amines) is 1. The molecule has 0 saturated carbocycles. The van der Waals surface area contributed by atoms with Gasteiger partial charge in [0, 0.05) is 18.5 Å². The lowest BCUT2D eigenvalue weighted by Crippen LogP contribution is -2.42. The Balaban J connectivity index is 0.00000208. The quantitative estimate of drug-likeness (QED) is 0.902. The average Bonchev–Trinajstić information content (AvgIpc) is 2.60. The van der Waals surface area contributed by atoms with Gasteiger partial charge in [0.15, 0.2) is 6.61 Å². The fraction of sp³-hybridized carbons (Fsp3) is 0.421. The van der Waals surface area contributed by atoms with Crippen molar-refractivity contribution >= 4 is 29.1 Å². The molecule has 1 fully saturated rings. The Morgan fingerprint density at radius 1 is 1.17 bits per heavy atom. The summed E-state index contributed by atoms with van der Waals surface area (Å²) in [6.45, 7) is 2.83. The van der Waals surface area contributed by atoms with Gasteiger partial charge in [-0.25, -0.2) is 0 Å². The molecule has 1 saturated heterocycles. The number of fused-ring (bicyclic) bond motifs is 1. The smallest absolute Gasteiger partial charge is 0.260 e. The molecule has 3 rings (SSSR count). The van der Waals surface area contributed by atoms with Crippen LogP contribution in [0.15, 0.2) is 42.5 Å². The molecule has 0 aromatic heterocycles. The summed E-state index contributed by atoms with van der Waals surface area (Å²) in [5, 5.41) is 5.40. The number of nitrogens with one attached hydrogen (secondary N) is 1. The fourth-order valence-corrected chi connectivity index (χ4v) is 3.23. The molecule has 1 aliphatic heterocycles. The first-order valence-electron chi connectivity index (χ1n) is 8.31. The molecule has 0 spiro atoms. The summed E-state index contributed by atoms with van der Waals surface area (Å²) in [7, 11) is 1.98. The number of halogens is 1. The lowest BCUT2D eigenvalue weighted by molar-refractivity contribution is -0.134. The van der Waals surface area contributed by atoms with Crippen LogP contribution < -0.4 is 10.1 Å². The highest BCUT2D eigenvalue weighted by Gasteiger charge is 2.22. The number of carbonyl (C=O) groups is 1. The van der Waals surface area contributed by atoms with Crippen molar-refractivity contribution in [1.29, 1.82) is 0 Å². The van der Waals surface area contributed by atoms with E-state index in [9.17, 15) is 4.79 Å². The third-order valence-electron chi connectivity index (χ3n) is 4.56. The minimum Gasteiger partial charge on any atom is -0.483 e. The normalized spacial score (nSPS) is 15.1. The van der Waals surface area contributed by atoms with Crippen LogP contribution in [0.1, 0.15) is 12.8 Å². The molecule has 0 aliphatic carbocycles. The molecule has 0 bridgehead atoms. The minimum absolute atomic E-state index is 0. The molecule has 4 nitrogen and oxygen atoms in total. The van der Waals surface area contributed by atoms with E-state index in [1.165, 1.54) is 0 Å². The van der Waals surface area contributed by atoms with Crippen molar-refractivity contribution in [3.63, 3.8) is 0 Å². The largest absolute Gasteiger partial charge is 0.483 e. The first kappa shape index (κ1) is 18.6. The van der Waals surface area contributed by atoms with Crippen molar-refractivity contribution in [1.82, 2.24) is 10.2 Å². The monoisotopic (exact) mass is 348 g/mol. The Morgan fingerprint density at radius 2 is 1.88 bits per heavy atom. The van der Waals surface area contributed by atoms with Crippen molar-refractivity contribution in [3.05, 3.63) is 42.5 Å². The first-order chi connectivity index (χ1) is 11.3. The van der Waals surface area contributed by atoms with Crippen LogP contribution in [0.4, 0.5) is 0 Å². The van der Waals surface area contributed by atoms with Gasteiger partial charge >= 0.3 is 0 Å². The van der Waals surface area contributed by atoms with E-state index in [2.05, 4.69) is 17.4 Å². The second-order valence-electron chi connectivity index (χ2n) is 6.15. The summed E-state index contributed by atoms with van der Waals surface area (Å²) in [5.41, 5.74) is 0. The number of carbonyl (C=O) groups excluding carboxylic acids is 1. The van der Waals surface area contributed by atoms with Crippen LogP contribution in [0, 0.1) is 5.92 Å². The van der Waals surface area contributed by atoms with Crippen LogP contribution in [0.25, 0.3) is 10.8 Å². The molecule has 130 valence electrons. The molecule has 2 aromatic rings. The topological polar surface area (TPSA) is 41.6 Å². The van der Waals surface area contributed by atoms with Crippen molar-refractivity contribution in [2.24, 2.45) is 5.92 Å². The van der Waals surface area contributed by atoms with Gasteiger partial charge in [0.25, 0.3) is 5.91 Å². The summed E-state index contributed by atoms with van der Waals surface area (Å²) < 4.78 is 5.81. The fourth-order valence-electron chi connectivity index (χ4n) is 3.23. The molecule has 2 aromatic carbocycles. The molecule has 0 atom stereocenters. The van der Waals surface area contributed by atoms with Gasteiger partial charge < -0.3 is 15.0 Å². The summed E-state index contributed by atoms with van der Waals surface area (Å²) in [6.07, 6.45) is 2.14. The highest BCUT2D eigenvalue weighted by molar-refractivity contribution is 5.88. The number of ether oxygens (including phenoxy) is 1. The summed E-state index contributed by atoms with van der Waals surface area (Å²) in [4.78, 5) is 14.3. The molecule has 0 unspecified atom stereocenters. The Kier molecular flexibility index (Phi) is 6.88. The zero-order valence-electron chi connectivity index (χ0n) is 14.0. The van der Waals surface area contributed by atoms with Crippen LogP contribution in [-0.4, -0.2) is 44.1 Å². The summed E-state index contributed by atoms with van der Waals surface area (Å²) >= 11 is 0. The van der Waals surface area contributed by atoms with Gasteiger partial charge in [-0.3, -0.25) is 4.79 Å². The molecule has 1 aliphatic rings. The first-order valence-corrected chi connectivity index (χ1v) is 8.31. The number of piperidine rings is 1. The van der Waals surface area contributed by atoms with Crippen molar-refractivity contribution in [3.8, 4) is 5.75 Å². The predicted molar refractivity (Wildman–Crippen MR) is 99.9 cm³/mol. The molecular weight excluding hydrogens is 324 g/mol. The zero-order valence-corrected chi connectivity index (χ0v) is 14.8. The third-order valence-corrected chi connectivity index (χ3v) is 4.56. The molecule has 1 amide bonds. The number of amides is 1. The van der Waals surface area contributed by atoms with E-state index in [-0.39, 0.29) is 24.9 Å². The van der Waals surface area contributed by atoms with Gasteiger partial charge in [0.2, 0.25) is 0 Å². The van der Waals surface area contributed by atoms with Gasteiger partial charge in [0.05, 0.1) is 0 Å². The summed E-state index contributed by atoms with van der Waals surface area (Å²) in [6, 6.07) is 14.0. The van der Waals surface area contributed by atoms with E-state index in [0.29, 0.717) is 5.92 Å². The van der Waals surface area contributed by atoms with E-state index in [4.69, 9.17) is 4.74 Å². The van der Waals surface area contributed by atoms with E-state index in [1.807, 2.05) is 42.3 Å². The van der Waals surface area contributed by atoms with Crippen LogP contribution in [0.5, 0.6) is 5.75 Å². The molecule has 1 heterocycles. The molecule has 1 N–H and O–H groups in total. The number of benzene rings is 2. The van der Waals surface area contributed by atoms with E-state index >= 15 is 0 Å². The number of hydrogen-bond donors (Lipinski definition) is 1. The molecule has 5 heteroatoms. The van der Waals surface area contributed by atoms with Crippen LogP contribution >= 0.6 is 12.4 Å². The average molecular weight is 349 g/mol. The van der Waals surface area contributed by atoms with E-state index < -0.39 is 0 Å². The Morgan fingerprint density at radius 3 is 2.62 bits per heavy atom. The lowest BCUT2D eigenvalue weighted by Gasteiger charge is -2.31. The molecule has 0 radical (unpaired) electrons. The second kappa shape index (κ2) is 8.90. The highest BCUT2D eigenvalue weighted by Crippen LogP contribution is 2.25. The van der Waals surface area contributed by atoms with Crippen molar-refractivity contribution in [2.45, 2.75) is 12.8 Å². The van der Waals surface area contributed by atoms with Crippen LogP contribution in [-0.2, 0) is 4.79 Å². The van der Waals surface area contributed by atoms with Gasteiger partial charge in [-0.1, -0.05) is 36.4 Å². The maximum Gasteiger partial charge on any atom is 0.260 e. The van der Waals surface area contributed by atoms with E-state index in [0.717, 1.165) is 49.0 Å². The maximum atomic E-state index is 12.4. The number of nitrogens with zero attached hydrogens (tertiary/aromatic N) is 1. The van der Waals surface area contributed by atoms with Crippen molar-refractivity contribution in [2.75, 3.05) is 33.3 Å². The predicted octanol–water partition coefficient (Wildman–Crippen LogP) is 3.10. The number of rotatable bonds is 5. The highest BCUT2D eigenvalue weighted by atomic mass is 35.5. The standard InChI is InChI=1S/C19H24N2O2.ClH/c1-20-13-15-9-11-21(12-10-15)19(22)14-23-18-8-4-6-16-5-2-3-7-17(16)18;/h2-8,15,20H,9-14H2,1H3;1H. The number of hydrogen-bond acceptors (Lipinski definition) is 3. The molecule has 24 heavy (non-hydrogen) atoms. The van der Waals surface area contributed by atoms with Crippen LogP contribution in [0.2, 0.25) is 0 Å². The van der Waals surface area contributed by atoms with Gasteiger partial charge in [-0.2, -0.15) is 0 Å². The van der Waals surface area contributed by atoms with Gasteiger partial charge in [0.1, 0.15) is 5.75 Å². The maximum absolute atomic E-state index is 12.4. The van der Waals surface area contributed by atoms with Gasteiger partial charge in [-0.05, 0) is 43.8 Å². The van der Waals surface area contributed by atoms with Crippen molar-refractivity contribution < 1.29 is 9.53 Å². The second-order valence-corrected chi connectivity index (χ2v) is 6.15. The van der Waals surface area contributed by atoms with E-state index in [1.54, 1.807) is 0 Å². The summed E-state index contributed by atoms with van der Waals surface area (Å²) in [5.74, 6) is 1.55. The Labute approximate surface area is 149 Å². The zero-order chi connectivity index (χ0) is 16.1. The third kappa shape index (κ3) is 4.40. The van der Waals surface area contributed by atoms with Gasteiger partial charge in [-0.15, -0.1) is 12.4 Å². The Bertz CT molecular complexity index is 664. The minimum atomic E-state index is 0. The SMILES string of the molecule is CNCC1CCN(C(=O)COc2cccc3ccccc23)CC1.Cl. The lowest BCUT2D eigenvalue weighted by atomic mass is 9.97. The molecular formula is C19H25ClN2O2. The Hall–Kier alpha value is -1.78.